The second kappa shape index (κ2) is 10.0. The zero-order valence-corrected chi connectivity index (χ0v) is 20.0. The number of hydrogen-bond acceptors (Lipinski definition) is 4. The standard InChI is InChI=1S/C27H30N2O3.ClH/c1-18(2)31-26-24(12-9-20-4-3-15-28-25(20)26)19-7-10-22(11-8-19)32-23-13-16-29(17-14-23)27(30)21-5-6-21;/h3-4,7-12,15,18,21,23H,5-6,13-14,16-17H2,1-2H3;1H. The van der Waals surface area contributed by atoms with E-state index < -0.39 is 0 Å². The van der Waals surface area contributed by atoms with Crippen LogP contribution in [0.5, 0.6) is 11.5 Å². The number of halogens is 1. The second-order valence-electron chi connectivity index (χ2n) is 9.13. The predicted octanol–water partition coefficient (Wildman–Crippen LogP) is 5.89. The van der Waals surface area contributed by atoms with Gasteiger partial charge in [-0.15, -0.1) is 12.4 Å². The molecule has 1 aromatic heterocycles. The summed E-state index contributed by atoms with van der Waals surface area (Å²) >= 11 is 0. The van der Waals surface area contributed by atoms with E-state index in [1.807, 2.05) is 36.9 Å². The molecule has 0 radical (unpaired) electrons. The molecule has 1 saturated heterocycles. The molecule has 5 nitrogen and oxygen atoms in total. The summed E-state index contributed by atoms with van der Waals surface area (Å²) in [7, 11) is 0. The number of fused-ring (bicyclic) bond motifs is 1. The van der Waals surface area contributed by atoms with Gasteiger partial charge < -0.3 is 14.4 Å². The van der Waals surface area contributed by atoms with Crippen LogP contribution in [0, 0.1) is 5.92 Å². The van der Waals surface area contributed by atoms with Gasteiger partial charge in [0.1, 0.15) is 17.4 Å². The molecular weight excluding hydrogens is 436 g/mol. The highest BCUT2D eigenvalue weighted by Crippen LogP contribution is 2.37. The monoisotopic (exact) mass is 466 g/mol. The fraction of sp³-hybridized carbons (Fsp3) is 0.407. The van der Waals surface area contributed by atoms with Gasteiger partial charge >= 0.3 is 0 Å². The van der Waals surface area contributed by atoms with Crippen LogP contribution < -0.4 is 9.47 Å². The van der Waals surface area contributed by atoms with E-state index in [9.17, 15) is 4.79 Å². The number of piperidine rings is 1. The molecule has 2 aromatic carbocycles. The van der Waals surface area contributed by atoms with Crippen molar-refractivity contribution in [2.45, 2.75) is 51.7 Å². The van der Waals surface area contributed by atoms with Crippen LogP contribution >= 0.6 is 12.4 Å². The van der Waals surface area contributed by atoms with Crippen LogP contribution in [0.15, 0.2) is 54.7 Å². The minimum Gasteiger partial charge on any atom is -0.490 e. The van der Waals surface area contributed by atoms with Gasteiger partial charge in [-0.3, -0.25) is 9.78 Å². The molecule has 2 fully saturated rings. The van der Waals surface area contributed by atoms with Crippen LogP contribution in [-0.2, 0) is 4.79 Å². The minimum absolute atomic E-state index is 0. The van der Waals surface area contributed by atoms with E-state index in [0.717, 1.165) is 72.3 Å². The molecule has 174 valence electrons. The molecule has 1 aliphatic heterocycles. The van der Waals surface area contributed by atoms with Crippen molar-refractivity contribution in [3.63, 3.8) is 0 Å². The second-order valence-corrected chi connectivity index (χ2v) is 9.13. The summed E-state index contributed by atoms with van der Waals surface area (Å²) in [5, 5.41) is 1.07. The molecule has 1 amide bonds. The third kappa shape index (κ3) is 5.25. The Labute approximate surface area is 201 Å². The Kier molecular flexibility index (Phi) is 7.08. The average molecular weight is 467 g/mol. The molecule has 2 heterocycles. The molecule has 1 aliphatic carbocycles. The molecule has 5 rings (SSSR count). The molecule has 33 heavy (non-hydrogen) atoms. The third-order valence-electron chi connectivity index (χ3n) is 6.23. The molecule has 6 heteroatoms. The SMILES string of the molecule is CC(C)Oc1c(-c2ccc(OC3CCN(C(=O)C4CC4)CC3)cc2)ccc2cccnc12.Cl. The van der Waals surface area contributed by atoms with Crippen LogP contribution in [0.4, 0.5) is 0 Å². The summed E-state index contributed by atoms with van der Waals surface area (Å²) in [6, 6.07) is 16.4. The quantitative estimate of drug-likeness (QED) is 0.454. The van der Waals surface area contributed by atoms with Crippen molar-refractivity contribution in [2.75, 3.05) is 13.1 Å². The van der Waals surface area contributed by atoms with Gasteiger partial charge in [0, 0.05) is 49.0 Å². The zero-order valence-electron chi connectivity index (χ0n) is 19.2. The lowest BCUT2D eigenvalue weighted by atomic mass is 10.0. The van der Waals surface area contributed by atoms with Gasteiger partial charge in [0.05, 0.1) is 6.10 Å². The van der Waals surface area contributed by atoms with Gasteiger partial charge in [0.25, 0.3) is 0 Å². The number of ether oxygens (including phenoxy) is 2. The highest BCUT2D eigenvalue weighted by molar-refractivity contribution is 5.92. The normalized spacial score (nSPS) is 16.5. The number of likely N-dealkylation sites (tertiary alicyclic amines) is 1. The van der Waals surface area contributed by atoms with Crippen molar-refractivity contribution in [3.8, 4) is 22.6 Å². The number of nitrogens with zero attached hydrogens (tertiary/aromatic N) is 2. The fourth-order valence-electron chi connectivity index (χ4n) is 4.39. The molecule has 1 saturated carbocycles. The number of rotatable bonds is 6. The molecule has 0 unspecified atom stereocenters. The van der Waals surface area contributed by atoms with E-state index in [1.165, 1.54) is 0 Å². The highest BCUT2D eigenvalue weighted by atomic mass is 35.5. The highest BCUT2D eigenvalue weighted by Gasteiger charge is 2.35. The van der Waals surface area contributed by atoms with Crippen LogP contribution in [0.3, 0.4) is 0 Å². The van der Waals surface area contributed by atoms with Crippen LogP contribution in [0.1, 0.15) is 39.5 Å². The Morgan fingerprint density at radius 2 is 1.73 bits per heavy atom. The number of hydrogen-bond donors (Lipinski definition) is 0. The lowest BCUT2D eigenvalue weighted by Gasteiger charge is -2.32. The van der Waals surface area contributed by atoms with Gasteiger partial charge in [-0.25, -0.2) is 0 Å². The van der Waals surface area contributed by atoms with E-state index >= 15 is 0 Å². The van der Waals surface area contributed by atoms with E-state index in [1.54, 1.807) is 6.20 Å². The van der Waals surface area contributed by atoms with E-state index in [-0.39, 0.29) is 24.6 Å². The van der Waals surface area contributed by atoms with E-state index in [4.69, 9.17) is 9.47 Å². The summed E-state index contributed by atoms with van der Waals surface area (Å²) < 4.78 is 12.4. The van der Waals surface area contributed by atoms with Crippen molar-refractivity contribution < 1.29 is 14.3 Å². The first kappa shape index (κ1) is 23.4. The average Bonchev–Trinajstić information content (AvgIpc) is 3.65. The first-order chi connectivity index (χ1) is 15.6. The van der Waals surface area contributed by atoms with Gasteiger partial charge in [-0.05, 0) is 56.5 Å². The van der Waals surface area contributed by atoms with E-state index in [0.29, 0.717) is 11.8 Å². The van der Waals surface area contributed by atoms with Gasteiger partial charge in [-0.2, -0.15) is 0 Å². The number of carbonyl (C=O) groups excluding carboxylic acids is 1. The minimum atomic E-state index is 0. The van der Waals surface area contributed by atoms with Crippen LogP contribution in [0.25, 0.3) is 22.0 Å². The summed E-state index contributed by atoms with van der Waals surface area (Å²) in [5.74, 6) is 2.33. The largest absolute Gasteiger partial charge is 0.490 e. The number of amides is 1. The Bertz CT molecular complexity index is 1100. The van der Waals surface area contributed by atoms with Crippen molar-refractivity contribution in [2.24, 2.45) is 5.92 Å². The maximum absolute atomic E-state index is 12.2. The summed E-state index contributed by atoms with van der Waals surface area (Å²) in [6.07, 6.45) is 5.94. The van der Waals surface area contributed by atoms with Gasteiger partial charge in [0.2, 0.25) is 5.91 Å². The van der Waals surface area contributed by atoms with Crippen molar-refractivity contribution in [1.29, 1.82) is 0 Å². The molecule has 0 spiro atoms. The molecule has 3 aromatic rings. The van der Waals surface area contributed by atoms with Crippen LogP contribution in [0.2, 0.25) is 0 Å². The van der Waals surface area contributed by atoms with Crippen molar-refractivity contribution in [3.05, 3.63) is 54.7 Å². The predicted molar refractivity (Wildman–Crippen MR) is 133 cm³/mol. The topological polar surface area (TPSA) is 51.7 Å². The molecular formula is C27H31ClN2O3. The van der Waals surface area contributed by atoms with E-state index in [2.05, 4.69) is 35.3 Å². The lowest BCUT2D eigenvalue weighted by molar-refractivity contribution is -0.134. The number of benzene rings is 2. The third-order valence-corrected chi connectivity index (χ3v) is 6.23. The Hall–Kier alpha value is -2.79. The molecule has 0 atom stereocenters. The number of carbonyl (C=O) groups is 1. The van der Waals surface area contributed by atoms with Crippen molar-refractivity contribution >= 4 is 29.2 Å². The van der Waals surface area contributed by atoms with Crippen LogP contribution in [-0.4, -0.2) is 41.1 Å². The first-order valence-corrected chi connectivity index (χ1v) is 11.7. The lowest BCUT2D eigenvalue weighted by Crippen LogP contribution is -2.42. The Morgan fingerprint density at radius 3 is 2.39 bits per heavy atom. The Balaban J connectivity index is 0.00000259. The first-order valence-electron chi connectivity index (χ1n) is 11.7. The summed E-state index contributed by atoms with van der Waals surface area (Å²) in [6.45, 7) is 5.67. The molecule has 0 bridgehead atoms. The molecule has 2 aliphatic rings. The zero-order chi connectivity index (χ0) is 22.1. The molecule has 0 N–H and O–H groups in total. The maximum Gasteiger partial charge on any atom is 0.225 e. The van der Waals surface area contributed by atoms with Gasteiger partial charge in [0.15, 0.2) is 5.75 Å². The van der Waals surface area contributed by atoms with Gasteiger partial charge in [-0.1, -0.05) is 24.3 Å². The smallest absolute Gasteiger partial charge is 0.225 e. The van der Waals surface area contributed by atoms with Crippen molar-refractivity contribution in [1.82, 2.24) is 9.88 Å². The summed E-state index contributed by atoms with van der Waals surface area (Å²) in [4.78, 5) is 18.8. The number of pyridine rings is 1. The maximum atomic E-state index is 12.2. The summed E-state index contributed by atoms with van der Waals surface area (Å²) in [5.41, 5.74) is 2.99. The fourth-order valence-corrected chi connectivity index (χ4v) is 4.39. The number of aromatic nitrogens is 1. The Morgan fingerprint density at radius 1 is 1.00 bits per heavy atom.